The second-order valence-corrected chi connectivity index (χ2v) is 4.57. The van der Waals surface area contributed by atoms with E-state index in [1.807, 2.05) is 30.3 Å². The number of nitrogens with zero attached hydrogens (tertiary/aromatic N) is 1. The van der Waals surface area contributed by atoms with Gasteiger partial charge in [0.05, 0.1) is 11.3 Å². The molecule has 0 spiro atoms. The zero-order valence-corrected chi connectivity index (χ0v) is 10.9. The normalized spacial score (nSPS) is 18.2. The molecule has 1 unspecified atom stereocenters. The third-order valence-corrected chi connectivity index (χ3v) is 3.23. The van der Waals surface area contributed by atoms with Crippen molar-refractivity contribution >= 4 is 23.3 Å². The van der Waals surface area contributed by atoms with Crippen LogP contribution in [-0.2, 0) is 9.53 Å². The summed E-state index contributed by atoms with van der Waals surface area (Å²) in [5.41, 5.74) is 1.67. The van der Waals surface area contributed by atoms with Crippen molar-refractivity contribution < 1.29 is 14.3 Å². The monoisotopic (exact) mass is 267 g/mol. The molecule has 1 aliphatic rings. The lowest BCUT2D eigenvalue weighted by atomic mass is 10.1. The summed E-state index contributed by atoms with van der Waals surface area (Å²) in [6, 6.07) is 16.2. The van der Waals surface area contributed by atoms with Crippen LogP contribution in [0.1, 0.15) is 17.3 Å². The zero-order chi connectivity index (χ0) is 14.1. The SMILES string of the molecule is CC1OC(=O)c2ccccc2N(c2ccccc2)C1=O. The highest BCUT2D eigenvalue weighted by atomic mass is 16.5. The summed E-state index contributed by atoms with van der Waals surface area (Å²) in [7, 11) is 0. The number of para-hydroxylation sites is 2. The predicted molar refractivity (Wildman–Crippen MR) is 74.9 cm³/mol. The van der Waals surface area contributed by atoms with Gasteiger partial charge in [0.2, 0.25) is 0 Å². The molecule has 0 radical (unpaired) electrons. The second-order valence-electron chi connectivity index (χ2n) is 4.57. The number of esters is 1. The number of benzene rings is 2. The van der Waals surface area contributed by atoms with Crippen molar-refractivity contribution in [3.8, 4) is 0 Å². The van der Waals surface area contributed by atoms with Crippen molar-refractivity contribution in [1.82, 2.24) is 0 Å². The smallest absolute Gasteiger partial charge is 0.341 e. The fourth-order valence-electron chi connectivity index (χ4n) is 2.26. The van der Waals surface area contributed by atoms with E-state index < -0.39 is 12.1 Å². The van der Waals surface area contributed by atoms with Gasteiger partial charge in [-0.05, 0) is 31.2 Å². The Morgan fingerprint density at radius 1 is 0.950 bits per heavy atom. The van der Waals surface area contributed by atoms with E-state index in [-0.39, 0.29) is 5.91 Å². The van der Waals surface area contributed by atoms with Gasteiger partial charge in [0.1, 0.15) is 0 Å². The third kappa shape index (κ3) is 1.95. The first-order valence-corrected chi connectivity index (χ1v) is 6.37. The van der Waals surface area contributed by atoms with Gasteiger partial charge in [-0.15, -0.1) is 0 Å². The molecule has 0 saturated carbocycles. The van der Waals surface area contributed by atoms with Crippen LogP contribution in [0, 0.1) is 0 Å². The summed E-state index contributed by atoms with van der Waals surface area (Å²) in [5.74, 6) is -0.727. The first kappa shape index (κ1) is 12.4. The van der Waals surface area contributed by atoms with Crippen LogP contribution in [0.2, 0.25) is 0 Å². The van der Waals surface area contributed by atoms with Gasteiger partial charge in [-0.3, -0.25) is 9.69 Å². The molecule has 0 saturated heterocycles. The number of amides is 1. The minimum Gasteiger partial charge on any atom is -0.449 e. The Balaban J connectivity index is 2.22. The van der Waals surface area contributed by atoms with Gasteiger partial charge in [0.25, 0.3) is 5.91 Å². The fraction of sp³-hybridized carbons (Fsp3) is 0.125. The van der Waals surface area contributed by atoms with Gasteiger partial charge >= 0.3 is 5.97 Å². The maximum atomic E-state index is 12.5. The standard InChI is InChI=1S/C16H13NO3/c1-11-15(18)17(12-7-3-2-4-8-12)14-10-6-5-9-13(14)16(19)20-11/h2-11H,1H3. The van der Waals surface area contributed by atoms with Gasteiger partial charge in [-0.25, -0.2) is 4.79 Å². The summed E-state index contributed by atoms with van der Waals surface area (Å²) in [4.78, 5) is 26.1. The third-order valence-electron chi connectivity index (χ3n) is 3.23. The van der Waals surface area contributed by atoms with Crippen molar-refractivity contribution in [1.29, 1.82) is 0 Å². The molecular formula is C16H13NO3. The van der Waals surface area contributed by atoms with Crippen molar-refractivity contribution in [3.05, 3.63) is 60.2 Å². The van der Waals surface area contributed by atoms with Crippen LogP contribution in [-0.4, -0.2) is 18.0 Å². The molecule has 20 heavy (non-hydrogen) atoms. The van der Waals surface area contributed by atoms with E-state index in [9.17, 15) is 9.59 Å². The lowest BCUT2D eigenvalue weighted by Crippen LogP contribution is -2.34. The predicted octanol–water partition coefficient (Wildman–Crippen LogP) is 2.91. The number of ether oxygens (including phenoxy) is 1. The van der Waals surface area contributed by atoms with Crippen molar-refractivity contribution in [2.24, 2.45) is 0 Å². The number of cyclic esters (lactones) is 1. The van der Waals surface area contributed by atoms with E-state index in [4.69, 9.17) is 4.74 Å². The van der Waals surface area contributed by atoms with Gasteiger partial charge in [0.15, 0.2) is 6.10 Å². The molecule has 1 heterocycles. The topological polar surface area (TPSA) is 46.6 Å². The van der Waals surface area contributed by atoms with Crippen LogP contribution in [0.3, 0.4) is 0 Å². The highest BCUT2D eigenvalue weighted by Gasteiger charge is 2.33. The van der Waals surface area contributed by atoms with Crippen LogP contribution in [0.15, 0.2) is 54.6 Å². The largest absolute Gasteiger partial charge is 0.449 e. The second kappa shape index (κ2) is 4.81. The minimum absolute atomic E-state index is 0.255. The van der Waals surface area contributed by atoms with E-state index in [0.29, 0.717) is 11.3 Å². The Bertz CT molecular complexity index is 666. The van der Waals surface area contributed by atoms with Gasteiger partial charge < -0.3 is 4.74 Å². The molecule has 1 amide bonds. The van der Waals surface area contributed by atoms with Crippen molar-refractivity contribution in [2.75, 3.05) is 4.90 Å². The van der Waals surface area contributed by atoms with Crippen molar-refractivity contribution in [3.63, 3.8) is 0 Å². The molecule has 1 atom stereocenters. The average molecular weight is 267 g/mol. The molecule has 2 aromatic rings. The number of rotatable bonds is 1. The number of carbonyl (C=O) groups excluding carboxylic acids is 2. The molecule has 4 heteroatoms. The lowest BCUT2D eigenvalue weighted by molar-refractivity contribution is -0.125. The molecule has 0 bridgehead atoms. The van der Waals surface area contributed by atoms with Crippen LogP contribution in [0.25, 0.3) is 0 Å². The fourth-order valence-corrected chi connectivity index (χ4v) is 2.26. The minimum atomic E-state index is -0.810. The summed E-state index contributed by atoms with van der Waals surface area (Å²) in [5, 5.41) is 0. The molecule has 0 fully saturated rings. The summed E-state index contributed by atoms with van der Waals surface area (Å²) in [6.45, 7) is 1.59. The van der Waals surface area contributed by atoms with E-state index in [1.165, 1.54) is 4.90 Å². The van der Waals surface area contributed by atoms with E-state index in [1.54, 1.807) is 31.2 Å². The number of carbonyl (C=O) groups is 2. The van der Waals surface area contributed by atoms with E-state index in [2.05, 4.69) is 0 Å². The van der Waals surface area contributed by atoms with Gasteiger partial charge in [0, 0.05) is 5.69 Å². The molecule has 2 aromatic carbocycles. The molecule has 4 nitrogen and oxygen atoms in total. The van der Waals surface area contributed by atoms with E-state index in [0.717, 1.165) is 5.69 Å². The number of hydrogen-bond acceptors (Lipinski definition) is 3. The Morgan fingerprint density at radius 3 is 2.35 bits per heavy atom. The molecule has 0 aliphatic carbocycles. The first-order valence-electron chi connectivity index (χ1n) is 6.37. The molecule has 0 N–H and O–H groups in total. The maximum Gasteiger partial charge on any atom is 0.341 e. The molecule has 3 rings (SSSR count). The summed E-state index contributed by atoms with van der Waals surface area (Å²) >= 11 is 0. The highest BCUT2D eigenvalue weighted by molar-refractivity contribution is 6.11. The molecule has 100 valence electrons. The van der Waals surface area contributed by atoms with Gasteiger partial charge in [-0.1, -0.05) is 30.3 Å². The number of fused-ring (bicyclic) bond motifs is 1. The maximum absolute atomic E-state index is 12.5. The number of anilines is 2. The van der Waals surface area contributed by atoms with Gasteiger partial charge in [-0.2, -0.15) is 0 Å². The Hall–Kier alpha value is -2.62. The summed E-state index contributed by atoms with van der Waals surface area (Å²) in [6.07, 6.45) is -0.810. The highest BCUT2D eigenvalue weighted by Crippen LogP contribution is 2.32. The zero-order valence-electron chi connectivity index (χ0n) is 10.9. The average Bonchev–Trinajstić information content (AvgIpc) is 2.57. The van der Waals surface area contributed by atoms with Crippen LogP contribution in [0.4, 0.5) is 11.4 Å². The Kier molecular flexibility index (Phi) is 2.99. The Labute approximate surface area is 116 Å². The first-order chi connectivity index (χ1) is 9.68. The molecule has 0 aromatic heterocycles. The van der Waals surface area contributed by atoms with Crippen molar-refractivity contribution in [2.45, 2.75) is 13.0 Å². The van der Waals surface area contributed by atoms with E-state index >= 15 is 0 Å². The quantitative estimate of drug-likeness (QED) is 0.746. The lowest BCUT2D eigenvalue weighted by Gasteiger charge is -2.23. The summed E-state index contributed by atoms with van der Waals surface area (Å²) < 4.78 is 5.17. The number of hydrogen-bond donors (Lipinski definition) is 0. The molecule has 1 aliphatic heterocycles. The van der Waals surface area contributed by atoms with Crippen LogP contribution >= 0.6 is 0 Å². The Morgan fingerprint density at radius 2 is 1.60 bits per heavy atom. The van der Waals surface area contributed by atoms with Crippen LogP contribution < -0.4 is 4.90 Å². The van der Waals surface area contributed by atoms with Crippen LogP contribution in [0.5, 0.6) is 0 Å². The molecular weight excluding hydrogens is 254 g/mol.